The van der Waals surface area contributed by atoms with Crippen LogP contribution in [0.15, 0.2) is 66.7 Å². The van der Waals surface area contributed by atoms with Gasteiger partial charge in [-0.3, -0.25) is 4.79 Å². The number of rotatable bonds is 4. The fourth-order valence-electron chi connectivity index (χ4n) is 2.75. The summed E-state index contributed by atoms with van der Waals surface area (Å²) in [5.41, 5.74) is 3.36. The van der Waals surface area contributed by atoms with Crippen LogP contribution in [0.5, 0.6) is 0 Å². The van der Waals surface area contributed by atoms with Crippen LogP contribution in [0.4, 0.5) is 5.69 Å². The van der Waals surface area contributed by atoms with E-state index < -0.39 is 0 Å². The second kappa shape index (κ2) is 7.69. The van der Waals surface area contributed by atoms with E-state index in [2.05, 4.69) is 10.3 Å². The number of aromatic nitrogens is 1. The van der Waals surface area contributed by atoms with Crippen molar-refractivity contribution >= 4 is 56.3 Å². The average molecular weight is 413 g/mol. The van der Waals surface area contributed by atoms with Crippen LogP contribution in [-0.4, -0.2) is 10.9 Å². The number of nitrogens with one attached hydrogen (secondary N) is 1. The van der Waals surface area contributed by atoms with E-state index >= 15 is 0 Å². The molecular weight excluding hydrogens is 399 g/mol. The predicted molar refractivity (Wildman–Crippen MR) is 114 cm³/mol. The number of hydrogen-bond acceptors (Lipinski definition) is 3. The van der Waals surface area contributed by atoms with Gasteiger partial charge in [0.05, 0.1) is 21.7 Å². The van der Waals surface area contributed by atoms with E-state index in [9.17, 15) is 4.79 Å². The third-order valence-electron chi connectivity index (χ3n) is 4.06. The van der Waals surface area contributed by atoms with Crippen LogP contribution in [0, 0.1) is 0 Å². The Balaban J connectivity index is 1.51. The minimum absolute atomic E-state index is 0.110. The van der Waals surface area contributed by atoms with Crippen molar-refractivity contribution in [3.63, 3.8) is 0 Å². The van der Waals surface area contributed by atoms with E-state index in [1.165, 1.54) is 0 Å². The molecule has 1 aromatic heterocycles. The van der Waals surface area contributed by atoms with Crippen molar-refractivity contribution in [2.24, 2.45) is 0 Å². The van der Waals surface area contributed by atoms with Gasteiger partial charge in [-0.25, -0.2) is 4.98 Å². The Kier molecular flexibility index (Phi) is 5.12. The largest absolute Gasteiger partial charge is 0.326 e. The first-order chi connectivity index (χ1) is 13.1. The van der Waals surface area contributed by atoms with Crippen LogP contribution in [0.25, 0.3) is 20.8 Å². The van der Waals surface area contributed by atoms with Gasteiger partial charge in [-0.15, -0.1) is 11.3 Å². The van der Waals surface area contributed by atoms with Crippen molar-refractivity contribution in [3.8, 4) is 10.6 Å². The minimum Gasteiger partial charge on any atom is -0.326 e. The normalized spacial score (nSPS) is 10.9. The second-order valence-corrected chi connectivity index (χ2v) is 7.91. The molecule has 27 heavy (non-hydrogen) atoms. The third kappa shape index (κ3) is 4.14. The Morgan fingerprint density at radius 3 is 2.52 bits per heavy atom. The van der Waals surface area contributed by atoms with Gasteiger partial charge in [0.1, 0.15) is 5.01 Å². The molecule has 6 heteroatoms. The monoisotopic (exact) mass is 412 g/mol. The molecule has 0 aliphatic heterocycles. The molecule has 3 nitrogen and oxygen atoms in total. The van der Waals surface area contributed by atoms with Crippen LogP contribution in [0.1, 0.15) is 5.56 Å². The third-order valence-corrected chi connectivity index (χ3v) is 5.69. The smallest absolute Gasteiger partial charge is 0.228 e. The van der Waals surface area contributed by atoms with Gasteiger partial charge in [0.2, 0.25) is 5.91 Å². The zero-order chi connectivity index (χ0) is 18.8. The molecule has 0 spiro atoms. The van der Waals surface area contributed by atoms with E-state index in [0.717, 1.165) is 26.4 Å². The lowest BCUT2D eigenvalue weighted by molar-refractivity contribution is -0.115. The summed E-state index contributed by atoms with van der Waals surface area (Å²) < 4.78 is 1.11. The molecule has 1 amide bonds. The van der Waals surface area contributed by atoms with Gasteiger partial charge in [0, 0.05) is 16.3 Å². The SMILES string of the molecule is O=C(Cc1ccc(Cl)cc1)Nc1ccc(-c2nc3ccccc3s2)c(Cl)c1. The lowest BCUT2D eigenvalue weighted by Gasteiger charge is -2.08. The van der Waals surface area contributed by atoms with E-state index in [1.807, 2.05) is 48.5 Å². The first-order valence-electron chi connectivity index (χ1n) is 8.28. The Hall–Kier alpha value is -2.40. The maximum Gasteiger partial charge on any atom is 0.228 e. The Bertz CT molecular complexity index is 1090. The van der Waals surface area contributed by atoms with Gasteiger partial charge in [-0.05, 0) is 48.0 Å². The highest BCUT2D eigenvalue weighted by Crippen LogP contribution is 2.35. The van der Waals surface area contributed by atoms with Crippen molar-refractivity contribution < 1.29 is 4.79 Å². The number of nitrogens with zero attached hydrogens (tertiary/aromatic N) is 1. The lowest BCUT2D eigenvalue weighted by Crippen LogP contribution is -2.14. The van der Waals surface area contributed by atoms with E-state index in [0.29, 0.717) is 15.7 Å². The summed E-state index contributed by atoms with van der Waals surface area (Å²) in [6, 6.07) is 20.7. The molecule has 134 valence electrons. The van der Waals surface area contributed by atoms with E-state index in [4.69, 9.17) is 23.2 Å². The van der Waals surface area contributed by atoms with Crippen molar-refractivity contribution in [2.45, 2.75) is 6.42 Å². The summed E-state index contributed by atoms with van der Waals surface area (Å²) in [5.74, 6) is -0.110. The Morgan fingerprint density at radius 2 is 1.78 bits per heavy atom. The number of amides is 1. The number of carbonyl (C=O) groups is 1. The molecule has 4 aromatic rings. The van der Waals surface area contributed by atoms with E-state index in [1.54, 1.807) is 29.5 Å². The highest BCUT2D eigenvalue weighted by Gasteiger charge is 2.11. The Labute approximate surface area is 170 Å². The minimum atomic E-state index is -0.110. The van der Waals surface area contributed by atoms with Crippen molar-refractivity contribution in [1.29, 1.82) is 0 Å². The van der Waals surface area contributed by atoms with Gasteiger partial charge in [0.15, 0.2) is 0 Å². The zero-order valence-electron chi connectivity index (χ0n) is 14.1. The number of carbonyl (C=O) groups excluding carboxylic acids is 1. The highest BCUT2D eigenvalue weighted by molar-refractivity contribution is 7.21. The standard InChI is InChI=1S/C21H14Cl2N2OS/c22-14-7-5-13(6-8-14)11-20(26)24-15-9-10-16(17(23)12-15)21-25-18-3-1-2-4-19(18)27-21/h1-10,12H,11H2,(H,24,26). The lowest BCUT2D eigenvalue weighted by atomic mass is 10.1. The molecule has 0 saturated carbocycles. The number of halogens is 2. The molecule has 4 rings (SSSR count). The number of fused-ring (bicyclic) bond motifs is 1. The Morgan fingerprint density at radius 1 is 1.00 bits per heavy atom. The van der Waals surface area contributed by atoms with Gasteiger partial charge in [-0.2, -0.15) is 0 Å². The van der Waals surface area contributed by atoms with Gasteiger partial charge < -0.3 is 5.32 Å². The van der Waals surface area contributed by atoms with Crippen LogP contribution in [-0.2, 0) is 11.2 Å². The molecule has 0 aliphatic carbocycles. The summed E-state index contributed by atoms with van der Waals surface area (Å²) >= 11 is 13.9. The first-order valence-corrected chi connectivity index (χ1v) is 9.85. The molecule has 0 atom stereocenters. The maximum absolute atomic E-state index is 12.3. The molecule has 1 N–H and O–H groups in total. The number of benzene rings is 3. The fourth-order valence-corrected chi connectivity index (χ4v) is 4.20. The second-order valence-electron chi connectivity index (χ2n) is 6.03. The topological polar surface area (TPSA) is 42.0 Å². The number of hydrogen-bond donors (Lipinski definition) is 1. The zero-order valence-corrected chi connectivity index (χ0v) is 16.4. The summed E-state index contributed by atoms with van der Waals surface area (Å²) in [5, 5.41) is 4.94. The molecule has 0 aliphatic rings. The number of anilines is 1. The summed E-state index contributed by atoms with van der Waals surface area (Å²) in [7, 11) is 0. The van der Waals surface area contributed by atoms with E-state index in [-0.39, 0.29) is 12.3 Å². The average Bonchev–Trinajstić information content (AvgIpc) is 3.07. The van der Waals surface area contributed by atoms with Gasteiger partial charge in [-0.1, -0.05) is 47.5 Å². The molecule has 0 bridgehead atoms. The van der Waals surface area contributed by atoms with Crippen LogP contribution in [0.3, 0.4) is 0 Å². The van der Waals surface area contributed by atoms with Gasteiger partial charge in [0.25, 0.3) is 0 Å². The summed E-state index contributed by atoms with van der Waals surface area (Å²) in [4.78, 5) is 16.9. The van der Waals surface area contributed by atoms with Gasteiger partial charge >= 0.3 is 0 Å². The molecule has 0 radical (unpaired) electrons. The molecule has 0 saturated heterocycles. The molecule has 0 unspecified atom stereocenters. The van der Waals surface area contributed by atoms with Crippen LogP contribution in [0.2, 0.25) is 10.0 Å². The molecule has 3 aromatic carbocycles. The van der Waals surface area contributed by atoms with Crippen molar-refractivity contribution in [2.75, 3.05) is 5.32 Å². The molecule has 1 heterocycles. The van der Waals surface area contributed by atoms with Crippen molar-refractivity contribution in [1.82, 2.24) is 4.98 Å². The van der Waals surface area contributed by atoms with Crippen molar-refractivity contribution in [3.05, 3.63) is 82.3 Å². The first kappa shape index (κ1) is 18.0. The molecule has 0 fully saturated rings. The number of thiazole rings is 1. The summed E-state index contributed by atoms with van der Waals surface area (Å²) in [6.45, 7) is 0. The van der Waals surface area contributed by atoms with Crippen LogP contribution >= 0.6 is 34.5 Å². The number of para-hydroxylation sites is 1. The fraction of sp³-hybridized carbons (Fsp3) is 0.0476. The highest BCUT2D eigenvalue weighted by atomic mass is 35.5. The summed E-state index contributed by atoms with van der Waals surface area (Å²) in [6.07, 6.45) is 0.272. The predicted octanol–water partition coefficient (Wildman–Crippen LogP) is 6.45. The van der Waals surface area contributed by atoms with Crippen LogP contribution < -0.4 is 5.32 Å². The quantitative estimate of drug-likeness (QED) is 0.418. The molecular formula is C21H14Cl2N2OS. The maximum atomic E-state index is 12.3.